The Bertz CT molecular complexity index is 250. The summed E-state index contributed by atoms with van der Waals surface area (Å²) in [6, 6.07) is -0.324. The highest BCUT2D eigenvalue weighted by atomic mass is 32.2. The smallest absolute Gasteiger partial charge is 0.170 e. The van der Waals surface area contributed by atoms with Gasteiger partial charge in [0.2, 0.25) is 0 Å². The Balaban J connectivity index is 2.49. The van der Waals surface area contributed by atoms with E-state index in [2.05, 4.69) is 4.84 Å². The number of Topliss-reactive ketones (excluding diaryl/α,β-unsaturated/α-hetero) is 1. The highest BCUT2D eigenvalue weighted by molar-refractivity contribution is 7.79. The number of nitrogens with zero attached hydrogens (tertiary/aromatic N) is 1. The molecule has 1 aliphatic rings. The van der Waals surface area contributed by atoms with Crippen LogP contribution in [0.15, 0.2) is 0 Å². The Kier molecular flexibility index (Phi) is 5.29. The van der Waals surface area contributed by atoms with E-state index in [1.54, 1.807) is 0 Å². The van der Waals surface area contributed by atoms with Crippen LogP contribution in [0, 0.1) is 0 Å². The summed E-state index contributed by atoms with van der Waals surface area (Å²) in [5, 5.41) is 9.71. The summed E-state index contributed by atoms with van der Waals surface area (Å²) in [6.45, 7) is 0.470. The zero-order chi connectivity index (χ0) is 11.3. The Morgan fingerprint density at radius 1 is 1.73 bits per heavy atom. The molecule has 0 radical (unpaired) electrons. The zero-order valence-electron chi connectivity index (χ0n) is 8.34. The summed E-state index contributed by atoms with van der Waals surface area (Å²) in [7, 11) is 0. The van der Waals surface area contributed by atoms with Crippen LogP contribution in [0.2, 0.25) is 0 Å². The van der Waals surface area contributed by atoms with E-state index in [0.717, 1.165) is 0 Å². The van der Waals surface area contributed by atoms with Crippen molar-refractivity contribution in [1.29, 1.82) is 0 Å². The lowest BCUT2D eigenvalue weighted by Crippen LogP contribution is -2.46. The largest absolute Gasteiger partial charge is 0.300 e. The van der Waals surface area contributed by atoms with Crippen molar-refractivity contribution in [2.24, 2.45) is 0 Å². The van der Waals surface area contributed by atoms with Gasteiger partial charge in [0.15, 0.2) is 11.1 Å². The lowest BCUT2D eigenvalue weighted by molar-refractivity contribution is -0.179. The molecule has 0 aromatic rings. The molecule has 1 aliphatic heterocycles. The number of piperidine rings is 1. The minimum atomic E-state index is -1.42. The molecule has 0 spiro atoms. The number of rotatable bonds is 5. The van der Waals surface area contributed by atoms with E-state index in [4.69, 9.17) is 9.49 Å². The predicted molar refractivity (Wildman–Crippen MR) is 50.8 cm³/mol. The number of hydrogen-bond donors (Lipinski definition) is 2. The molecule has 0 amide bonds. The summed E-state index contributed by atoms with van der Waals surface area (Å²) >= 11 is -1.42. The first kappa shape index (κ1) is 12.7. The Morgan fingerprint density at radius 3 is 3.07 bits per heavy atom. The van der Waals surface area contributed by atoms with Crippen LogP contribution in [-0.2, 0) is 25.0 Å². The average Bonchev–Trinajstić information content (AvgIpc) is 2.18. The Hall–Kier alpha value is -0.380. The number of carbonyl (C=O) groups excluding carboxylic acids is 1. The Morgan fingerprint density at radius 2 is 2.47 bits per heavy atom. The molecule has 1 fully saturated rings. The van der Waals surface area contributed by atoms with Gasteiger partial charge in [0.05, 0.1) is 12.6 Å². The summed E-state index contributed by atoms with van der Waals surface area (Å²) in [6.07, 6.45) is 2.04. The number of hydrogen-bond acceptors (Lipinski definition) is 7. The first-order valence-electron chi connectivity index (χ1n) is 4.44. The van der Waals surface area contributed by atoms with Crippen molar-refractivity contribution < 1.29 is 23.3 Å². The van der Waals surface area contributed by atoms with Gasteiger partial charge < -0.3 is 0 Å². The molecule has 0 bridgehead atoms. The fraction of sp³-hybridized carbons (Fsp3) is 0.857. The van der Waals surface area contributed by atoms with E-state index in [1.165, 1.54) is 17.0 Å². The summed E-state index contributed by atoms with van der Waals surface area (Å²) < 4.78 is 15.9. The third-order valence-electron chi connectivity index (χ3n) is 2.02. The van der Waals surface area contributed by atoms with Crippen LogP contribution >= 0.6 is 0 Å². The van der Waals surface area contributed by atoms with Crippen molar-refractivity contribution in [3.8, 4) is 0 Å². The third-order valence-corrected chi connectivity index (χ3v) is 2.42. The molecule has 0 saturated carbocycles. The molecular formula is C7H14N2O5S. The van der Waals surface area contributed by atoms with Gasteiger partial charge in [-0.25, -0.2) is 4.21 Å². The first-order chi connectivity index (χ1) is 7.13. The molecule has 88 valence electrons. The van der Waals surface area contributed by atoms with Crippen molar-refractivity contribution in [3.63, 3.8) is 0 Å². The fourth-order valence-corrected chi connectivity index (χ4v) is 1.86. The van der Waals surface area contributed by atoms with E-state index < -0.39 is 11.1 Å². The minimum absolute atomic E-state index is 0.0828. The molecule has 0 aliphatic carbocycles. The lowest BCUT2D eigenvalue weighted by Gasteiger charge is -2.31. The second kappa shape index (κ2) is 6.26. The first-order valence-corrected chi connectivity index (χ1v) is 5.93. The van der Waals surface area contributed by atoms with Crippen LogP contribution in [0.1, 0.15) is 12.8 Å². The van der Waals surface area contributed by atoms with Crippen molar-refractivity contribution in [1.82, 2.24) is 10.7 Å². The Labute approximate surface area is 89.9 Å². The van der Waals surface area contributed by atoms with Crippen molar-refractivity contribution >= 4 is 16.9 Å². The quantitative estimate of drug-likeness (QED) is 0.603. The van der Waals surface area contributed by atoms with Crippen LogP contribution in [0.5, 0.6) is 0 Å². The van der Waals surface area contributed by atoms with Crippen LogP contribution in [0.3, 0.4) is 0 Å². The van der Waals surface area contributed by atoms with E-state index in [9.17, 15) is 9.00 Å². The van der Waals surface area contributed by atoms with Crippen LogP contribution < -0.4 is 5.64 Å². The molecule has 0 aromatic carbocycles. The second-order valence-electron chi connectivity index (χ2n) is 3.17. The maximum Gasteiger partial charge on any atom is 0.170 e. The van der Waals surface area contributed by atoms with Gasteiger partial charge in [-0.05, 0) is 0 Å². The topological polar surface area (TPSA) is 88.1 Å². The highest BCUT2D eigenvalue weighted by Gasteiger charge is 2.29. The molecule has 15 heavy (non-hydrogen) atoms. The van der Waals surface area contributed by atoms with Gasteiger partial charge in [0.1, 0.15) is 5.78 Å². The summed E-state index contributed by atoms with van der Waals surface area (Å²) in [4.78, 5) is 15.7. The maximum absolute atomic E-state index is 11.2. The third kappa shape index (κ3) is 4.33. The van der Waals surface area contributed by atoms with E-state index >= 15 is 0 Å². The van der Waals surface area contributed by atoms with Gasteiger partial charge in [-0.1, -0.05) is 5.64 Å². The molecule has 7 nitrogen and oxygen atoms in total. The number of carbonyl (C=O) groups is 1. The molecule has 0 aromatic heterocycles. The highest BCUT2D eigenvalue weighted by Crippen LogP contribution is 2.15. The van der Waals surface area contributed by atoms with Gasteiger partial charge >= 0.3 is 0 Å². The van der Waals surface area contributed by atoms with Crippen LogP contribution in [-0.4, -0.2) is 45.7 Å². The summed E-state index contributed by atoms with van der Waals surface area (Å²) in [5.41, 5.74) is 1.53. The van der Waals surface area contributed by atoms with E-state index in [1.807, 2.05) is 0 Å². The molecule has 2 atom stereocenters. The second-order valence-corrected chi connectivity index (χ2v) is 4.12. The van der Waals surface area contributed by atoms with Crippen LogP contribution in [0.25, 0.3) is 0 Å². The van der Waals surface area contributed by atoms with Gasteiger partial charge in [0.25, 0.3) is 0 Å². The number of ketones is 1. The number of nitrogens with one attached hydrogen (secondary N) is 1. The monoisotopic (exact) mass is 238 g/mol. The van der Waals surface area contributed by atoms with Crippen LogP contribution in [0.4, 0.5) is 0 Å². The predicted octanol–water partition coefficient (Wildman–Crippen LogP) is -0.845. The van der Waals surface area contributed by atoms with E-state index in [0.29, 0.717) is 13.0 Å². The molecule has 1 saturated heterocycles. The maximum atomic E-state index is 11.2. The lowest BCUT2D eigenvalue weighted by atomic mass is 10.0. The molecule has 1 heterocycles. The van der Waals surface area contributed by atoms with Gasteiger partial charge in [0, 0.05) is 25.6 Å². The van der Waals surface area contributed by atoms with Crippen molar-refractivity contribution in [2.75, 3.05) is 19.4 Å². The molecule has 8 heteroatoms. The zero-order valence-corrected chi connectivity index (χ0v) is 9.16. The molecule has 2 unspecified atom stereocenters. The SMILES string of the molecule is CS(=O)ON1CCC(=O)CC1CONO. The van der Waals surface area contributed by atoms with Crippen molar-refractivity contribution in [2.45, 2.75) is 18.9 Å². The summed E-state index contributed by atoms with van der Waals surface area (Å²) in [5.74, 6) is 0.100. The number of hydroxylamine groups is 2. The minimum Gasteiger partial charge on any atom is -0.300 e. The normalized spacial score (nSPS) is 25.5. The molecular weight excluding hydrogens is 224 g/mol. The molecule has 2 N–H and O–H groups in total. The standard InChI is InChI=1S/C7H14N2O5S/c1-15(12)14-9-3-2-7(10)4-6(9)5-13-8-11/h6,8,11H,2-5H2,1H3. The van der Waals surface area contributed by atoms with Gasteiger partial charge in [-0.2, -0.15) is 9.35 Å². The fourth-order valence-electron chi connectivity index (χ4n) is 1.39. The average molecular weight is 238 g/mol. The molecule has 1 rings (SSSR count). The van der Waals surface area contributed by atoms with Crippen molar-refractivity contribution in [3.05, 3.63) is 0 Å². The van der Waals surface area contributed by atoms with Gasteiger partial charge in [-0.3, -0.25) is 14.8 Å². The van der Waals surface area contributed by atoms with E-state index in [-0.39, 0.29) is 24.9 Å². The van der Waals surface area contributed by atoms with Gasteiger partial charge in [-0.15, -0.1) is 0 Å².